The van der Waals surface area contributed by atoms with Gasteiger partial charge in [-0.3, -0.25) is 9.69 Å². The number of hydrogen-bond donors (Lipinski definition) is 0. The third-order valence-corrected chi connectivity index (χ3v) is 6.88. The van der Waals surface area contributed by atoms with Crippen LogP contribution >= 0.6 is 51.5 Å². The molecule has 1 fully saturated rings. The van der Waals surface area contributed by atoms with Crippen molar-refractivity contribution in [2.45, 2.75) is 6.61 Å². The number of hydrogen-bond acceptors (Lipinski definition) is 5. The van der Waals surface area contributed by atoms with Gasteiger partial charge < -0.3 is 9.47 Å². The largest absolute Gasteiger partial charge is 0.495 e. The molecule has 0 N–H and O–H groups in total. The van der Waals surface area contributed by atoms with Crippen molar-refractivity contribution in [2.24, 2.45) is 0 Å². The average Bonchev–Trinajstić information content (AvgIpc) is 3.06. The van der Waals surface area contributed by atoms with Gasteiger partial charge in [-0.1, -0.05) is 81.8 Å². The predicted molar refractivity (Wildman–Crippen MR) is 139 cm³/mol. The Hall–Kier alpha value is -2.32. The highest BCUT2D eigenvalue weighted by Gasteiger charge is 2.35. The number of rotatable bonds is 6. The van der Waals surface area contributed by atoms with Crippen molar-refractivity contribution in [2.75, 3.05) is 12.0 Å². The third kappa shape index (κ3) is 4.86. The molecule has 0 aromatic heterocycles. The van der Waals surface area contributed by atoms with Gasteiger partial charge in [0.2, 0.25) is 0 Å². The zero-order valence-corrected chi connectivity index (χ0v) is 20.9. The number of ether oxygens (including phenoxy) is 2. The molecular weight excluding hydrogens is 530 g/mol. The molecule has 0 aliphatic carbocycles. The Bertz CT molecular complexity index is 1230. The van der Waals surface area contributed by atoms with Crippen molar-refractivity contribution >= 4 is 73.5 Å². The van der Waals surface area contributed by atoms with Crippen LogP contribution in [-0.2, 0) is 11.4 Å². The van der Waals surface area contributed by atoms with E-state index in [9.17, 15) is 4.79 Å². The first-order chi connectivity index (χ1) is 15.5. The number of anilines is 1. The number of para-hydroxylation sites is 2. The molecule has 0 unspecified atom stereocenters. The quantitative estimate of drug-likeness (QED) is 0.244. The average molecular weight is 547 g/mol. The molecule has 0 bridgehead atoms. The number of halogens is 2. The Kier molecular flexibility index (Phi) is 7.20. The van der Waals surface area contributed by atoms with E-state index >= 15 is 0 Å². The highest BCUT2D eigenvalue weighted by atomic mass is 79.9. The van der Waals surface area contributed by atoms with Crippen LogP contribution in [0.25, 0.3) is 6.08 Å². The van der Waals surface area contributed by atoms with E-state index in [2.05, 4.69) is 15.9 Å². The van der Waals surface area contributed by atoms with Gasteiger partial charge in [0.05, 0.1) is 17.7 Å². The lowest BCUT2D eigenvalue weighted by Gasteiger charge is -2.17. The Morgan fingerprint density at radius 3 is 2.62 bits per heavy atom. The van der Waals surface area contributed by atoms with Crippen LogP contribution in [0, 0.1) is 0 Å². The summed E-state index contributed by atoms with van der Waals surface area (Å²) in [4.78, 5) is 15.2. The van der Waals surface area contributed by atoms with Crippen LogP contribution in [0.3, 0.4) is 0 Å². The van der Waals surface area contributed by atoms with Crippen molar-refractivity contribution in [1.82, 2.24) is 0 Å². The van der Waals surface area contributed by atoms with Crippen molar-refractivity contribution < 1.29 is 14.3 Å². The first-order valence-electron chi connectivity index (χ1n) is 9.54. The van der Waals surface area contributed by atoms with Crippen LogP contribution in [0.1, 0.15) is 11.1 Å². The summed E-state index contributed by atoms with van der Waals surface area (Å²) in [5, 5.41) is 0.642. The summed E-state index contributed by atoms with van der Waals surface area (Å²) in [5.41, 5.74) is 2.25. The van der Waals surface area contributed by atoms with Gasteiger partial charge in [-0.15, -0.1) is 0 Å². The van der Waals surface area contributed by atoms with Gasteiger partial charge in [-0.2, -0.15) is 0 Å². The molecule has 32 heavy (non-hydrogen) atoms. The maximum atomic E-state index is 13.2. The molecule has 0 spiro atoms. The molecular formula is C24H17BrClNO3S2. The number of thioether (sulfide) groups is 1. The highest BCUT2D eigenvalue weighted by Crippen LogP contribution is 2.40. The normalized spacial score (nSPS) is 14.8. The fourth-order valence-corrected chi connectivity index (χ4v) is 5.01. The van der Waals surface area contributed by atoms with Gasteiger partial charge in [0, 0.05) is 20.6 Å². The van der Waals surface area contributed by atoms with Crippen LogP contribution in [0.2, 0.25) is 5.02 Å². The number of nitrogens with zero attached hydrogens (tertiary/aromatic N) is 1. The fourth-order valence-electron chi connectivity index (χ4n) is 3.17. The lowest BCUT2D eigenvalue weighted by molar-refractivity contribution is -0.113. The molecule has 4 nitrogen and oxygen atoms in total. The van der Waals surface area contributed by atoms with Gasteiger partial charge in [0.15, 0.2) is 4.32 Å². The molecule has 0 radical (unpaired) electrons. The SMILES string of the molecule is COc1ccccc1N1C(=O)/C(=C\c2cc(Br)ccc2OCc2ccccc2Cl)SC1=S. The lowest BCUT2D eigenvalue weighted by Crippen LogP contribution is -2.27. The first-order valence-corrected chi connectivity index (χ1v) is 11.9. The van der Waals surface area contributed by atoms with E-state index in [1.54, 1.807) is 19.3 Å². The maximum Gasteiger partial charge on any atom is 0.270 e. The summed E-state index contributed by atoms with van der Waals surface area (Å²) in [6.45, 7) is 0.310. The van der Waals surface area contributed by atoms with Gasteiger partial charge in [0.25, 0.3) is 5.91 Å². The fraction of sp³-hybridized carbons (Fsp3) is 0.0833. The summed E-state index contributed by atoms with van der Waals surface area (Å²) in [7, 11) is 1.57. The van der Waals surface area contributed by atoms with Crippen LogP contribution < -0.4 is 14.4 Å². The minimum absolute atomic E-state index is 0.207. The number of carbonyl (C=O) groups excluding carboxylic acids is 1. The van der Waals surface area contributed by atoms with E-state index < -0.39 is 0 Å². The Morgan fingerprint density at radius 2 is 1.84 bits per heavy atom. The lowest BCUT2D eigenvalue weighted by atomic mass is 10.1. The maximum absolute atomic E-state index is 13.2. The molecule has 162 valence electrons. The number of methoxy groups -OCH3 is 1. The van der Waals surface area contributed by atoms with Gasteiger partial charge >= 0.3 is 0 Å². The van der Waals surface area contributed by atoms with E-state index in [1.165, 1.54) is 16.7 Å². The minimum atomic E-state index is -0.207. The molecule has 1 heterocycles. The van der Waals surface area contributed by atoms with E-state index in [0.717, 1.165) is 15.6 Å². The van der Waals surface area contributed by atoms with Crippen molar-refractivity contribution in [3.63, 3.8) is 0 Å². The van der Waals surface area contributed by atoms with Crippen molar-refractivity contribution in [1.29, 1.82) is 0 Å². The summed E-state index contributed by atoms with van der Waals surface area (Å²) in [6.07, 6.45) is 1.79. The van der Waals surface area contributed by atoms with Crippen LogP contribution in [0.5, 0.6) is 11.5 Å². The molecule has 8 heteroatoms. The molecule has 1 aliphatic rings. The minimum Gasteiger partial charge on any atom is -0.495 e. The molecule has 0 saturated carbocycles. The van der Waals surface area contributed by atoms with Gasteiger partial charge in [0.1, 0.15) is 18.1 Å². The topological polar surface area (TPSA) is 38.8 Å². The first kappa shape index (κ1) is 22.9. The van der Waals surface area contributed by atoms with Crippen LogP contribution in [0.4, 0.5) is 5.69 Å². The molecule has 3 aromatic carbocycles. The third-order valence-electron chi connectivity index (χ3n) is 4.72. The summed E-state index contributed by atoms with van der Waals surface area (Å²) >= 11 is 16.5. The summed E-state index contributed by atoms with van der Waals surface area (Å²) < 4.78 is 12.8. The zero-order chi connectivity index (χ0) is 22.7. The predicted octanol–water partition coefficient (Wildman–Crippen LogP) is 7.10. The number of thiocarbonyl (C=S) groups is 1. The second kappa shape index (κ2) is 10.1. The number of benzene rings is 3. The standard InChI is InChI=1S/C24H17BrClNO3S2/c1-29-21-9-5-4-8-19(21)27-23(28)22(32-24(27)31)13-16-12-17(25)10-11-20(16)30-14-15-6-2-3-7-18(15)26/h2-13H,14H2,1H3/b22-13+. The zero-order valence-electron chi connectivity index (χ0n) is 16.9. The Balaban J connectivity index is 1.64. The number of carbonyl (C=O) groups is 1. The van der Waals surface area contributed by atoms with E-state index in [0.29, 0.717) is 38.0 Å². The second-order valence-corrected chi connectivity index (χ2v) is 9.75. The Morgan fingerprint density at radius 1 is 1.09 bits per heavy atom. The Labute approximate surface area is 209 Å². The summed E-state index contributed by atoms with van der Waals surface area (Å²) in [5.74, 6) is 1.01. The van der Waals surface area contributed by atoms with E-state index in [-0.39, 0.29) is 5.91 Å². The van der Waals surface area contributed by atoms with E-state index in [1.807, 2.05) is 60.7 Å². The van der Waals surface area contributed by atoms with E-state index in [4.69, 9.17) is 33.3 Å². The molecule has 4 rings (SSSR count). The monoisotopic (exact) mass is 545 g/mol. The van der Waals surface area contributed by atoms with Crippen molar-refractivity contribution in [3.05, 3.63) is 92.3 Å². The smallest absolute Gasteiger partial charge is 0.270 e. The second-order valence-electron chi connectivity index (χ2n) is 6.75. The molecule has 3 aromatic rings. The summed E-state index contributed by atoms with van der Waals surface area (Å²) in [6, 6.07) is 20.5. The van der Waals surface area contributed by atoms with Crippen LogP contribution in [0.15, 0.2) is 76.1 Å². The molecule has 0 atom stereocenters. The molecule has 1 saturated heterocycles. The van der Waals surface area contributed by atoms with Gasteiger partial charge in [-0.25, -0.2) is 0 Å². The van der Waals surface area contributed by atoms with Crippen molar-refractivity contribution in [3.8, 4) is 11.5 Å². The molecule has 1 aliphatic heterocycles. The van der Waals surface area contributed by atoms with Gasteiger partial charge in [-0.05, 0) is 42.5 Å². The molecule has 1 amide bonds. The highest BCUT2D eigenvalue weighted by molar-refractivity contribution is 9.10. The number of amides is 1. The van der Waals surface area contributed by atoms with Crippen LogP contribution in [-0.4, -0.2) is 17.3 Å².